The van der Waals surface area contributed by atoms with Crippen LogP contribution in [0.1, 0.15) is 36.7 Å². The molecular weight excluding hydrogens is 301 g/mol. The van der Waals surface area contributed by atoms with Crippen LogP contribution >= 0.6 is 34.5 Å². The van der Waals surface area contributed by atoms with E-state index in [0.717, 1.165) is 32.9 Å². The Bertz CT molecular complexity index is 562. The van der Waals surface area contributed by atoms with Gasteiger partial charge in [-0.1, -0.05) is 30.1 Å². The van der Waals surface area contributed by atoms with Crippen LogP contribution in [0.2, 0.25) is 8.67 Å². The molecule has 6 heteroatoms. The van der Waals surface area contributed by atoms with E-state index in [-0.39, 0.29) is 6.04 Å². The highest BCUT2D eigenvalue weighted by Crippen LogP contribution is 2.34. The van der Waals surface area contributed by atoms with Gasteiger partial charge in [0.15, 0.2) is 0 Å². The zero-order valence-corrected chi connectivity index (χ0v) is 13.5. The molecule has 2 aromatic rings. The molecule has 2 aromatic heterocycles. The maximum absolute atomic E-state index is 6.16. The number of hydrogen-bond acceptors (Lipinski definition) is 3. The molecule has 0 spiro atoms. The third-order valence-electron chi connectivity index (χ3n) is 3.07. The fourth-order valence-corrected chi connectivity index (χ4v) is 3.70. The Kier molecular flexibility index (Phi) is 4.90. The van der Waals surface area contributed by atoms with Gasteiger partial charge in [-0.3, -0.25) is 4.68 Å². The lowest BCUT2D eigenvalue weighted by atomic mass is 10.1. The average molecular weight is 318 g/mol. The molecule has 1 atom stereocenters. The number of aromatic nitrogens is 2. The van der Waals surface area contributed by atoms with E-state index in [9.17, 15) is 0 Å². The highest BCUT2D eigenvalue weighted by atomic mass is 35.5. The Labute approximate surface area is 127 Å². The first kappa shape index (κ1) is 14.9. The summed E-state index contributed by atoms with van der Waals surface area (Å²) in [6, 6.07) is 2.09. The van der Waals surface area contributed by atoms with Gasteiger partial charge in [0.2, 0.25) is 0 Å². The Morgan fingerprint density at radius 1 is 1.47 bits per heavy atom. The Morgan fingerprint density at radius 2 is 2.21 bits per heavy atom. The quantitative estimate of drug-likeness (QED) is 0.895. The van der Waals surface area contributed by atoms with Crippen molar-refractivity contribution in [1.29, 1.82) is 0 Å². The lowest BCUT2D eigenvalue weighted by Gasteiger charge is -2.12. The second-order valence-corrected chi connectivity index (χ2v) is 6.80. The van der Waals surface area contributed by atoms with Crippen molar-refractivity contribution in [2.75, 3.05) is 0 Å². The highest BCUT2D eigenvalue weighted by Gasteiger charge is 2.14. The molecule has 0 fully saturated rings. The van der Waals surface area contributed by atoms with Crippen molar-refractivity contribution in [2.24, 2.45) is 7.05 Å². The second-order valence-electron chi connectivity index (χ2n) is 4.51. The van der Waals surface area contributed by atoms with Gasteiger partial charge in [0.05, 0.1) is 14.4 Å². The summed E-state index contributed by atoms with van der Waals surface area (Å²) in [6.07, 6.45) is 3.00. The third kappa shape index (κ3) is 3.51. The van der Waals surface area contributed by atoms with E-state index in [2.05, 4.69) is 30.5 Å². The largest absolute Gasteiger partial charge is 0.306 e. The number of nitrogens with one attached hydrogen (secondary N) is 1. The summed E-state index contributed by atoms with van der Waals surface area (Å²) in [6.45, 7) is 4.99. The van der Waals surface area contributed by atoms with Crippen LogP contribution in [0.25, 0.3) is 0 Å². The minimum absolute atomic E-state index is 0.168. The lowest BCUT2D eigenvalue weighted by molar-refractivity contribution is 0.574. The topological polar surface area (TPSA) is 29.9 Å². The molecule has 0 amide bonds. The molecule has 0 aromatic carbocycles. The van der Waals surface area contributed by atoms with Crippen molar-refractivity contribution in [3.05, 3.63) is 37.8 Å². The van der Waals surface area contributed by atoms with Crippen LogP contribution in [0.5, 0.6) is 0 Å². The van der Waals surface area contributed by atoms with Gasteiger partial charge >= 0.3 is 0 Å². The first-order valence-corrected chi connectivity index (χ1v) is 7.78. The molecule has 0 saturated heterocycles. The number of thiophene rings is 1. The van der Waals surface area contributed by atoms with E-state index >= 15 is 0 Å². The molecule has 0 saturated carbocycles. The SMILES string of the molecule is CCc1nn(C)cc1CNC(C)c1cc(Cl)sc1Cl. The van der Waals surface area contributed by atoms with E-state index < -0.39 is 0 Å². The van der Waals surface area contributed by atoms with Crippen molar-refractivity contribution < 1.29 is 0 Å². The van der Waals surface area contributed by atoms with Crippen molar-refractivity contribution >= 4 is 34.5 Å². The smallest absolute Gasteiger partial charge is 0.0991 e. The van der Waals surface area contributed by atoms with Crippen LogP contribution in [0.3, 0.4) is 0 Å². The molecule has 104 valence electrons. The van der Waals surface area contributed by atoms with Gasteiger partial charge in [-0.2, -0.15) is 5.10 Å². The summed E-state index contributed by atoms with van der Waals surface area (Å²) in [5.41, 5.74) is 3.42. The van der Waals surface area contributed by atoms with Gasteiger partial charge in [-0.05, 0) is 25.0 Å². The summed E-state index contributed by atoms with van der Waals surface area (Å²) in [5.74, 6) is 0. The van der Waals surface area contributed by atoms with Gasteiger partial charge < -0.3 is 5.32 Å². The summed E-state index contributed by atoms with van der Waals surface area (Å²) < 4.78 is 3.34. The summed E-state index contributed by atoms with van der Waals surface area (Å²) in [4.78, 5) is 0. The maximum atomic E-state index is 6.16. The van der Waals surface area contributed by atoms with Crippen LogP contribution < -0.4 is 5.32 Å². The molecule has 2 rings (SSSR count). The Hall–Kier alpha value is -0.550. The standard InChI is InChI=1S/C13H17Cl2N3S/c1-4-11-9(7-18(3)17-11)6-16-8(2)10-5-12(14)19-13(10)15/h5,7-8,16H,4,6H2,1-3H3. The van der Waals surface area contributed by atoms with Gasteiger partial charge in [-0.15, -0.1) is 11.3 Å². The predicted molar refractivity (Wildman–Crippen MR) is 82.2 cm³/mol. The molecule has 0 radical (unpaired) electrons. The number of nitrogens with zero attached hydrogens (tertiary/aromatic N) is 2. The van der Waals surface area contributed by atoms with E-state index in [1.165, 1.54) is 16.9 Å². The fourth-order valence-electron chi connectivity index (χ4n) is 2.05. The highest BCUT2D eigenvalue weighted by molar-refractivity contribution is 7.20. The van der Waals surface area contributed by atoms with Crippen LogP contribution in [0.15, 0.2) is 12.3 Å². The summed E-state index contributed by atoms with van der Waals surface area (Å²) in [7, 11) is 1.95. The zero-order chi connectivity index (χ0) is 14.0. The number of halogens is 2. The third-order valence-corrected chi connectivity index (χ3v) is 4.59. The first-order chi connectivity index (χ1) is 9.01. The molecule has 0 bridgehead atoms. The zero-order valence-electron chi connectivity index (χ0n) is 11.2. The molecular formula is C13H17Cl2N3S. The number of rotatable bonds is 5. The van der Waals surface area contributed by atoms with Crippen molar-refractivity contribution in [1.82, 2.24) is 15.1 Å². The van der Waals surface area contributed by atoms with Gasteiger partial charge in [0, 0.05) is 31.4 Å². The molecule has 19 heavy (non-hydrogen) atoms. The normalized spacial score (nSPS) is 12.9. The van der Waals surface area contributed by atoms with Crippen molar-refractivity contribution in [3.8, 4) is 0 Å². The van der Waals surface area contributed by atoms with Crippen molar-refractivity contribution in [3.63, 3.8) is 0 Å². The maximum Gasteiger partial charge on any atom is 0.0991 e. The monoisotopic (exact) mass is 317 g/mol. The van der Waals surface area contributed by atoms with Gasteiger partial charge in [-0.25, -0.2) is 0 Å². The number of aryl methyl sites for hydroxylation is 2. The second kappa shape index (κ2) is 6.27. The predicted octanol–water partition coefficient (Wildman–Crippen LogP) is 4.20. The van der Waals surface area contributed by atoms with E-state index in [1.807, 2.05) is 17.8 Å². The minimum Gasteiger partial charge on any atom is -0.306 e. The lowest BCUT2D eigenvalue weighted by Crippen LogP contribution is -2.18. The summed E-state index contributed by atoms with van der Waals surface area (Å²) in [5, 5.41) is 7.90. The van der Waals surface area contributed by atoms with Crippen molar-refractivity contribution in [2.45, 2.75) is 32.9 Å². The van der Waals surface area contributed by atoms with E-state index in [0.29, 0.717) is 0 Å². The molecule has 3 nitrogen and oxygen atoms in total. The van der Waals surface area contributed by atoms with Gasteiger partial charge in [0.25, 0.3) is 0 Å². The molecule has 1 unspecified atom stereocenters. The van der Waals surface area contributed by atoms with Crippen LogP contribution in [0, 0.1) is 0 Å². The van der Waals surface area contributed by atoms with E-state index in [4.69, 9.17) is 23.2 Å². The molecule has 0 aliphatic heterocycles. The first-order valence-electron chi connectivity index (χ1n) is 6.20. The fraction of sp³-hybridized carbons (Fsp3) is 0.462. The Morgan fingerprint density at radius 3 is 2.79 bits per heavy atom. The van der Waals surface area contributed by atoms with E-state index in [1.54, 1.807) is 0 Å². The van der Waals surface area contributed by atoms with Crippen LogP contribution in [-0.2, 0) is 20.0 Å². The Balaban J connectivity index is 2.04. The molecule has 2 heterocycles. The van der Waals surface area contributed by atoms with Crippen LogP contribution in [0.4, 0.5) is 0 Å². The van der Waals surface area contributed by atoms with Crippen LogP contribution in [-0.4, -0.2) is 9.78 Å². The summed E-state index contributed by atoms with van der Waals surface area (Å²) >= 11 is 13.5. The average Bonchev–Trinajstić information content (AvgIpc) is 2.88. The minimum atomic E-state index is 0.168. The number of hydrogen-bond donors (Lipinski definition) is 1. The van der Waals surface area contributed by atoms with Gasteiger partial charge in [0.1, 0.15) is 0 Å². The molecule has 0 aliphatic rings. The molecule has 1 N–H and O–H groups in total. The molecule has 0 aliphatic carbocycles.